The maximum atomic E-state index is 11.3. The summed E-state index contributed by atoms with van der Waals surface area (Å²) >= 11 is 0. The first-order chi connectivity index (χ1) is 6.67. The summed E-state index contributed by atoms with van der Waals surface area (Å²) < 4.78 is 1.73. The highest BCUT2D eigenvalue weighted by atomic mass is 16.1. The highest BCUT2D eigenvalue weighted by Gasteiger charge is 2.01. The molecule has 1 heterocycles. The smallest absolute Gasteiger partial charge is 0.250 e. The van der Waals surface area contributed by atoms with Gasteiger partial charge in [-0.05, 0) is 32.9 Å². The molecule has 1 N–H and O–H groups in total. The normalized spacial score (nSPS) is 12.8. The Morgan fingerprint density at radius 1 is 1.50 bits per heavy atom. The van der Waals surface area contributed by atoms with Gasteiger partial charge in [0.25, 0.3) is 5.56 Å². The predicted octanol–water partition coefficient (Wildman–Crippen LogP) is 1.02. The second-order valence-corrected chi connectivity index (χ2v) is 3.56. The average Bonchev–Trinajstić information content (AvgIpc) is 2.20. The third-order valence-corrected chi connectivity index (χ3v) is 2.42. The average molecular weight is 194 g/mol. The van der Waals surface area contributed by atoms with E-state index in [4.69, 9.17) is 0 Å². The van der Waals surface area contributed by atoms with Crippen molar-refractivity contribution in [2.75, 3.05) is 7.05 Å². The topological polar surface area (TPSA) is 34.0 Å². The lowest BCUT2D eigenvalue weighted by Gasteiger charge is -2.11. The Morgan fingerprint density at radius 2 is 2.21 bits per heavy atom. The molecule has 14 heavy (non-hydrogen) atoms. The maximum absolute atomic E-state index is 11.3. The lowest BCUT2D eigenvalue weighted by Crippen LogP contribution is -2.25. The lowest BCUT2D eigenvalue weighted by atomic mass is 10.1. The zero-order valence-corrected chi connectivity index (χ0v) is 9.08. The van der Waals surface area contributed by atoms with Crippen LogP contribution in [0.3, 0.4) is 0 Å². The van der Waals surface area contributed by atoms with Crippen molar-refractivity contribution < 1.29 is 0 Å². The number of nitrogens with one attached hydrogen (secondary N) is 1. The summed E-state index contributed by atoms with van der Waals surface area (Å²) in [6.07, 6.45) is 2.90. The van der Waals surface area contributed by atoms with Gasteiger partial charge in [0.1, 0.15) is 0 Å². The number of aromatic nitrogens is 1. The van der Waals surface area contributed by atoms with Gasteiger partial charge in [-0.25, -0.2) is 0 Å². The van der Waals surface area contributed by atoms with Gasteiger partial charge in [-0.15, -0.1) is 0 Å². The van der Waals surface area contributed by atoms with E-state index in [9.17, 15) is 4.79 Å². The molecular formula is C11H18N2O. The molecule has 1 aromatic heterocycles. The summed E-state index contributed by atoms with van der Waals surface area (Å²) in [5, 5.41) is 3.18. The van der Waals surface area contributed by atoms with Gasteiger partial charge in [-0.1, -0.05) is 6.07 Å². The Morgan fingerprint density at radius 3 is 2.79 bits per heavy atom. The minimum Gasteiger partial charge on any atom is -0.317 e. The van der Waals surface area contributed by atoms with Crippen LogP contribution in [0.1, 0.15) is 19.4 Å². The number of nitrogens with zero attached hydrogens (tertiary/aromatic N) is 1. The zero-order chi connectivity index (χ0) is 10.6. The molecule has 3 nitrogen and oxygen atoms in total. The SMILES string of the molecule is CCn1cc(CC(C)NC)ccc1=O. The highest BCUT2D eigenvalue weighted by molar-refractivity contribution is 5.11. The van der Waals surface area contributed by atoms with Crippen LogP contribution in [0.5, 0.6) is 0 Å². The van der Waals surface area contributed by atoms with Gasteiger partial charge in [0, 0.05) is 24.8 Å². The van der Waals surface area contributed by atoms with Crippen molar-refractivity contribution >= 4 is 0 Å². The Hall–Kier alpha value is -1.09. The summed E-state index contributed by atoms with van der Waals surface area (Å²) in [4.78, 5) is 11.3. The van der Waals surface area contributed by atoms with E-state index in [0.717, 1.165) is 13.0 Å². The molecular weight excluding hydrogens is 176 g/mol. The van der Waals surface area contributed by atoms with E-state index < -0.39 is 0 Å². The molecule has 0 aromatic carbocycles. The van der Waals surface area contributed by atoms with Crippen molar-refractivity contribution in [1.82, 2.24) is 9.88 Å². The molecule has 1 rings (SSSR count). The molecule has 0 aliphatic rings. The molecule has 0 saturated carbocycles. The van der Waals surface area contributed by atoms with E-state index in [1.165, 1.54) is 5.56 Å². The van der Waals surface area contributed by atoms with E-state index in [1.54, 1.807) is 10.6 Å². The zero-order valence-electron chi connectivity index (χ0n) is 9.08. The Labute approximate surface area is 84.8 Å². The van der Waals surface area contributed by atoms with E-state index in [0.29, 0.717) is 6.04 Å². The summed E-state index contributed by atoms with van der Waals surface area (Å²) in [7, 11) is 1.94. The first-order valence-corrected chi connectivity index (χ1v) is 5.04. The monoisotopic (exact) mass is 194 g/mol. The largest absolute Gasteiger partial charge is 0.317 e. The molecule has 0 aliphatic heterocycles. The molecule has 1 aromatic rings. The minimum atomic E-state index is 0.0772. The second kappa shape index (κ2) is 4.96. The van der Waals surface area contributed by atoms with Crippen molar-refractivity contribution in [2.45, 2.75) is 32.9 Å². The molecule has 1 unspecified atom stereocenters. The molecule has 0 amide bonds. The van der Waals surface area contributed by atoms with Gasteiger partial charge in [0.2, 0.25) is 0 Å². The Bertz CT molecular complexity index is 343. The highest BCUT2D eigenvalue weighted by Crippen LogP contribution is 2.00. The van der Waals surface area contributed by atoms with Crippen LogP contribution < -0.4 is 10.9 Å². The van der Waals surface area contributed by atoms with Crippen LogP contribution in [-0.4, -0.2) is 17.7 Å². The molecule has 0 aliphatic carbocycles. The third-order valence-electron chi connectivity index (χ3n) is 2.42. The van der Waals surface area contributed by atoms with Gasteiger partial charge in [0.05, 0.1) is 0 Å². The van der Waals surface area contributed by atoms with Crippen molar-refractivity contribution in [3.63, 3.8) is 0 Å². The van der Waals surface area contributed by atoms with Crippen LogP contribution in [-0.2, 0) is 13.0 Å². The van der Waals surface area contributed by atoms with Gasteiger partial charge in [-0.2, -0.15) is 0 Å². The van der Waals surface area contributed by atoms with Gasteiger partial charge in [-0.3, -0.25) is 4.79 Å². The number of likely N-dealkylation sites (N-methyl/N-ethyl adjacent to an activating group) is 1. The van der Waals surface area contributed by atoms with Crippen LogP contribution >= 0.6 is 0 Å². The first kappa shape index (κ1) is 11.0. The molecule has 0 fully saturated rings. The van der Waals surface area contributed by atoms with E-state index >= 15 is 0 Å². The van der Waals surface area contributed by atoms with E-state index in [1.807, 2.05) is 26.2 Å². The summed E-state index contributed by atoms with van der Waals surface area (Å²) in [6, 6.07) is 3.99. The number of hydrogen-bond acceptors (Lipinski definition) is 2. The summed E-state index contributed by atoms with van der Waals surface area (Å²) in [5.74, 6) is 0. The molecule has 3 heteroatoms. The van der Waals surface area contributed by atoms with E-state index in [-0.39, 0.29) is 5.56 Å². The van der Waals surface area contributed by atoms with Crippen LogP contribution in [0.2, 0.25) is 0 Å². The van der Waals surface area contributed by atoms with Crippen LogP contribution in [0, 0.1) is 0 Å². The van der Waals surface area contributed by atoms with Crippen molar-refractivity contribution in [2.24, 2.45) is 0 Å². The lowest BCUT2D eigenvalue weighted by molar-refractivity contribution is 0.601. The Balaban J connectivity index is 2.84. The minimum absolute atomic E-state index is 0.0772. The molecule has 0 saturated heterocycles. The predicted molar refractivity (Wildman–Crippen MR) is 58.6 cm³/mol. The Kier molecular flexibility index (Phi) is 3.89. The summed E-state index contributed by atoms with van der Waals surface area (Å²) in [5.41, 5.74) is 1.28. The van der Waals surface area contributed by atoms with Crippen LogP contribution in [0.4, 0.5) is 0 Å². The van der Waals surface area contributed by atoms with E-state index in [2.05, 4.69) is 12.2 Å². The standard InChI is InChI=1S/C11H18N2O/c1-4-13-8-10(5-6-11(13)14)7-9(2)12-3/h5-6,8-9,12H,4,7H2,1-3H3. The second-order valence-electron chi connectivity index (χ2n) is 3.56. The first-order valence-electron chi connectivity index (χ1n) is 5.04. The molecule has 0 radical (unpaired) electrons. The fourth-order valence-electron chi connectivity index (χ4n) is 1.40. The fourth-order valence-corrected chi connectivity index (χ4v) is 1.40. The van der Waals surface area contributed by atoms with Gasteiger partial charge < -0.3 is 9.88 Å². The third kappa shape index (κ3) is 2.70. The number of pyridine rings is 1. The number of hydrogen-bond donors (Lipinski definition) is 1. The van der Waals surface area contributed by atoms with Crippen molar-refractivity contribution in [1.29, 1.82) is 0 Å². The number of aryl methyl sites for hydroxylation is 1. The van der Waals surface area contributed by atoms with Crippen molar-refractivity contribution in [3.8, 4) is 0 Å². The molecule has 78 valence electrons. The molecule has 1 atom stereocenters. The van der Waals surface area contributed by atoms with Crippen molar-refractivity contribution in [3.05, 3.63) is 34.2 Å². The maximum Gasteiger partial charge on any atom is 0.250 e. The molecule has 0 bridgehead atoms. The fraction of sp³-hybridized carbons (Fsp3) is 0.545. The number of rotatable bonds is 4. The molecule has 0 spiro atoms. The van der Waals surface area contributed by atoms with Gasteiger partial charge >= 0.3 is 0 Å². The summed E-state index contributed by atoms with van der Waals surface area (Å²) in [6.45, 7) is 4.84. The van der Waals surface area contributed by atoms with Crippen LogP contribution in [0.15, 0.2) is 23.1 Å². The van der Waals surface area contributed by atoms with Gasteiger partial charge in [0.15, 0.2) is 0 Å². The van der Waals surface area contributed by atoms with Crippen LogP contribution in [0.25, 0.3) is 0 Å². The quantitative estimate of drug-likeness (QED) is 0.776.